The number of nitrogens with zero attached hydrogens (tertiary/aromatic N) is 1. The van der Waals surface area contributed by atoms with Crippen molar-refractivity contribution in [1.82, 2.24) is 10.6 Å². The summed E-state index contributed by atoms with van der Waals surface area (Å²) in [5.74, 6) is 1.64. The average molecular weight is 341 g/mol. The van der Waals surface area contributed by atoms with Gasteiger partial charge in [-0.05, 0) is 26.7 Å². The molecule has 16 heavy (non-hydrogen) atoms. The number of rotatable bonds is 4. The second kappa shape index (κ2) is 9.07. The largest absolute Gasteiger partial charge is 0.356 e. The average Bonchev–Trinajstić information content (AvgIpc) is 2.15. The molecule has 0 aromatic heterocycles. The smallest absolute Gasteiger partial charge is 0.191 e. The summed E-state index contributed by atoms with van der Waals surface area (Å²) in [6.07, 6.45) is 2.44. The van der Waals surface area contributed by atoms with Crippen LogP contribution in [0.25, 0.3) is 0 Å². The lowest BCUT2D eigenvalue weighted by atomic mass is 10.0. The van der Waals surface area contributed by atoms with Crippen LogP contribution < -0.4 is 10.6 Å². The molecule has 2 N–H and O–H groups in total. The SMILES string of the molecule is CCC(CC)CNC(=NC)NC(C)(C)C.I. The van der Waals surface area contributed by atoms with Crippen LogP contribution in [0.15, 0.2) is 4.99 Å². The van der Waals surface area contributed by atoms with E-state index in [1.165, 1.54) is 12.8 Å². The van der Waals surface area contributed by atoms with Gasteiger partial charge in [0, 0.05) is 19.1 Å². The van der Waals surface area contributed by atoms with E-state index in [9.17, 15) is 0 Å². The fraction of sp³-hybridized carbons (Fsp3) is 0.917. The predicted octanol–water partition coefficient (Wildman–Crippen LogP) is 3.00. The summed E-state index contributed by atoms with van der Waals surface area (Å²) in [5.41, 5.74) is 0.0652. The normalized spacial score (nSPS) is 12.3. The van der Waals surface area contributed by atoms with Crippen LogP contribution in [0.1, 0.15) is 47.5 Å². The highest BCUT2D eigenvalue weighted by Gasteiger charge is 2.12. The van der Waals surface area contributed by atoms with E-state index in [4.69, 9.17) is 0 Å². The molecule has 0 radical (unpaired) electrons. The Morgan fingerprint density at radius 3 is 2.00 bits per heavy atom. The van der Waals surface area contributed by atoms with Gasteiger partial charge in [-0.2, -0.15) is 0 Å². The first kappa shape index (κ1) is 18.4. The van der Waals surface area contributed by atoms with Gasteiger partial charge in [-0.3, -0.25) is 4.99 Å². The number of guanidine groups is 1. The Hall–Kier alpha value is 0. The second-order valence-corrected chi connectivity index (χ2v) is 5.01. The zero-order valence-corrected chi connectivity index (χ0v) is 13.9. The minimum absolute atomic E-state index is 0. The van der Waals surface area contributed by atoms with E-state index >= 15 is 0 Å². The van der Waals surface area contributed by atoms with Crippen LogP contribution in [-0.2, 0) is 0 Å². The van der Waals surface area contributed by atoms with Gasteiger partial charge >= 0.3 is 0 Å². The summed E-state index contributed by atoms with van der Waals surface area (Å²) in [7, 11) is 1.81. The summed E-state index contributed by atoms with van der Waals surface area (Å²) >= 11 is 0. The van der Waals surface area contributed by atoms with Crippen LogP contribution in [0, 0.1) is 5.92 Å². The number of aliphatic imine (C=N–C) groups is 1. The van der Waals surface area contributed by atoms with Gasteiger partial charge in [-0.25, -0.2) is 0 Å². The molecule has 0 aliphatic carbocycles. The maximum absolute atomic E-state index is 4.21. The van der Waals surface area contributed by atoms with E-state index < -0.39 is 0 Å². The molecule has 0 heterocycles. The van der Waals surface area contributed by atoms with E-state index in [1.54, 1.807) is 0 Å². The van der Waals surface area contributed by atoms with Gasteiger partial charge in [-0.1, -0.05) is 26.7 Å². The standard InChI is InChI=1S/C12H27N3.HI/c1-7-10(8-2)9-14-11(13-6)15-12(3,4)5;/h10H,7-9H2,1-6H3,(H2,13,14,15);1H. The van der Waals surface area contributed by atoms with E-state index in [-0.39, 0.29) is 29.5 Å². The van der Waals surface area contributed by atoms with Crippen molar-refractivity contribution in [2.45, 2.75) is 53.0 Å². The molecule has 0 aliphatic rings. The third-order valence-corrected chi connectivity index (χ3v) is 2.43. The molecule has 0 unspecified atom stereocenters. The molecule has 3 nitrogen and oxygen atoms in total. The summed E-state index contributed by atoms with van der Waals surface area (Å²) in [6.45, 7) is 11.9. The maximum Gasteiger partial charge on any atom is 0.191 e. The van der Waals surface area contributed by atoms with E-state index in [0.29, 0.717) is 0 Å². The van der Waals surface area contributed by atoms with Crippen LogP contribution in [0.3, 0.4) is 0 Å². The van der Waals surface area contributed by atoms with Crippen molar-refractivity contribution in [1.29, 1.82) is 0 Å². The summed E-state index contributed by atoms with van der Waals surface area (Å²) in [5, 5.41) is 6.72. The Balaban J connectivity index is 0. The number of hydrogen-bond donors (Lipinski definition) is 2. The highest BCUT2D eigenvalue weighted by Crippen LogP contribution is 2.05. The number of hydrogen-bond acceptors (Lipinski definition) is 1. The molecule has 0 atom stereocenters. The molecular weight excluding hydrogens is 313 g/mol. The van der Waals surface area contributed by atoms with Gasteiger partial charge in [0.2, 0.25) is 0 Å². The lowest BCUT2D eigenvalue weighted by Gasteiger charge is -2.25. The Labute approximate surface area is 118 Å². The van der Waals surface area contributed by atoms with Gasteiger partial charge in [0.05, 0.1) is 0 Å². The molecule has 98 valence electrons. The molecule has 0 bridgehead atoms. The Morgan fingerprint density at radius 2 is 1.69 bits per heavy atom. The van der Waals surface area contributed by atoms with Crippen molar-refractivity contribution >= 4 is 29.9 Å². The molecule has 0 spiro atoms. The Bertz CT molecular complexity index is 193. The first-order chi connectivity index (χ1) is 6.92. The number of nitrogens with one attached hydrogen (secondary N) is 2. The lowest BCUT2D eigenvalue weighted by molar-refractivity contribution is 0.464. The quantitative estimate of drug-likeness (QED) is 0.469. The predicted molar refractivity (Wildman–Crippen MR) is 83.7 cm³/mol. The molecule has 0 aromatic carbocycles. The molecular formula is C12H28IN3. The fourth-order valence-electron chi connectivity index (χ4n) is 1.35. The van der Waals surface area contributed by atoms with Crippen molar-refractivity contribution in [3.05, 3.63) is 0 Å². The van der Waals surface area contributed by atoms with E-state index in [1.807, 2.05) is 7.05 Å². The molecule has 4 heteroatoms. The van der Waals surface area contributed by atoms with Gasteiger partial charge in [0.15, 0.2) is 5.96 Å². The van der Waals surface area contributed by atoms with Crippen LogP contribution in [0.4, 0.5) is 0 Å². The maximum atomic E-state index is 4.21. The highest BCUT2D eigenvalue weighted by atomic mass is 127. The fourth-order valence-corrected chi connectivity index (χ4v) is 1.35. The second-order valence-electron chi connectivity index (χ2n) is 5.01. The van der Waals surface area contributed by atoms with Gasteiger partial charge in [0.1, 0.15) is 0 Å². The first-order valence-corrected chi connectivity index (χ1v) is 5.91. The summed E-state index contributed by atoms with van der Waals surface area (Å²) in [6, 6.07) is 0. The van der Waals surface area contributed by atoms with Crippen LogP contribution in [-0.4, -0.2) is 25.1 Å². The van der Waals surface area contributed by atoms with Crippen molar-refractivity contribution in [3.8, 4) is 0 Å². The van der Waals surface area contributed by atoms with E-state index in [2.05, 4.69) is 50.2 Å². The molecule has 0 saturated heterocycles. The molecule has 0 aromatic rings. The summed E-state index contributed by atoms with van der Waals surface area (Å²) < 4.78 is 0. The third kappa shape index (κ3) is 9.24. The van der Waals surface area contributed by atoms with Crippen molar-refractivity contribution in [2.75, 3.05) is 13.6 Å². The molecule has 0 saturated carbocycles. The third-order valence-electron chi connectivity index (χ3n) is 2.43. The summed E-state index contributed by atoms with van der Waals surface area (Å²) in [4.78, 5) is 4.21. The lowest BCUT2D eigenvalue weighted by Crippen LogP contribution is -2.48. The molecule has 0 fully saturated rings. The minimum atomic E-state index is 0. The van der Waals surface area contributed by atoms with Gasteiger partial charge in [0.25, 0.3) is 0 Å². The van der Waals surface area contributed by atoms with Crippen molar-refractivity contribution < 1.29 is 0 Å². The van der Waals surface area contributed by atoms with Crippen LogP contribution >= 0.6 is 24.0 Å². The molecule has 0 rings (SSSR count). The molecule has 0 aliphatic heterocycles. The Morgan fingerprint density at radius 1 is 1.19 bits per heavy atom. The van der Waals surface area contributed by atoms with Gasteiger partial charge in [-0.15, -0.1) is 24.0 Å². The first-order valence-electron chi connectivity index (χ1n) is 5.91. The zero-order valence-electron chi connectivity index (χ0n) is 11.6. The van der Waals surface area contributed by atoms with Crippen molar-refractivity contribution in [3.63, 3.8) is 0 Å². The monoisotopic (exact) mass is 341 g/mol. The highest BCUT2D eigenvalue weighted by molar-refractivity contribution is 14.0. The van der Waals surface area contributed by atoms with Crippen molar-refractivity contribution in [2.24, 2.45) is 10.9 Å². The zero-order chi connectivity index (χ0) is 11.9. The Kier molecular flexibility index (Phi) is 10.4. The van der Waals surface area contributed by atoms with Gasteiger partial charge < -0.3 is 10.6 Å². The molecule has 0 amide bonds. The van der Waals surface area contributed by atoms with Crippen LogP contribution in [0.2, 0.25) is 0 Å². The van der Waals surface area contributed by atoms with E-state index in [0.717, 1.165) is 18.4 Å². The van der Waals surface area contributed by atoms with Crippen LogP contribution in [0.5, 0.6) is 0 Å². The number of halogens is 1. The topological polar surface area (TPSA) is 36.4 Å². The minimum Gasteiger partial charge on any atom is -0.356 e.